The van der Waals surface area contributed by atoms with Crippen molar-refractivity contribution in [2.45, 2.75) is 31.7 Å². The summed E-state index contributed by atoms with van der Waals surface area (Å²) < 4.78 is 30.4. The zero-order valence-corrected chi connectivity index (χ0v) is 10.7. The predicted octanol–water partition coefficient (Wildman–Crippen LogP) is 0.166. The Hall–Kier alpha value is -0.170. The van der Waals surface area contributed by atoms with Gasteiger partial charge in [0.05, 0.1) is 12.4 Å². The quantitative estimate of drug-likeness (QED) is 0.699. The van der Waals surface area contributed by atoms with E-state index in [-0.39, 0.29) is 18.4 Å². The van der Waals surface area contributed by atoms with Crippen LogP contribution in [0.25, 0.3) is 0 Å². The minimum Gasteiger partial charge on any atom is -0.384 e. The zero-order valence-electron chi connectivity index (χ0n) is 9.89. The number of nitrogens with zero attached hydrogens (tertiary/aromatic N) is 1. The summed E-state index contributed by atoms with van der Waals surface area (Å²) in [6, 6.07) is 0.158. The minimum absolute atomic E-state index is 0.0859. The molecule has 0 radical (unpaired) electrons. The van der Waals surface area contributed by atoms with Gasteiger partial charge in [-0.05, 0) is 32.2 Å². The maximum Gasteiger partial charge on any atom is 0.216 e. The first-order valence-corrected chi connectivity index (χ1v) is 7.41. The van der Waals surface area contributed by atoms with Gasteiger partial charge in [-0.1, -0.05) is 0 Å². The van der Waals surface area contributed by atoms with Gasteiger partial charge in [0.1, 0.15) is 0 Å². The summed E-state index contributed by atoms with van der Waals surface area (Å²) in [5.74, 6) is 0.0859. The van der Waals surface area contributed by atoms with Gasteiger partial charge in [0, 0.05) is 19.7 Å². The molecule has 2 N–H and O–H groups in total. The number of ether oxygens (including phenoxy) is 1. The molecule has 96 valence electrons. The molecule has 0 amide bonds. The summed E-state index contributed by atoms with van der Waals surface area (Å²) in [4.78, 5) is 0. The lowest BCUT2D eigenvalue weighted by Gasteiger charge is -2.23. The molecule has 0 bridgehead atoms. The van der Waals surface area contributed by atoms with Crippen LogP contribution in [0.15, 0.2) is 0 Å². The SMILES string of the molecule is COCCS(=O)(=O)N1CCCC1CCCN. The Bertz CT molecular complexity index is 292. The molecule has 0 spiro atoms. The summed E-state index contributed by atoms with van der Waals surface area (Å²) in [5.41, 5.74) is 5.45. The summed E-state index contributed by atoms with van der Waals surface area (Å²) in [6.45, 7) is 1.55. The molecule has 1 saturated heterocycles. The van der Waals surface area contributed by atoms with Gasteiger partial charge < -0.3 is 10.5 Å². The zero-order chi connectivity index (χ0) is 12.0. The van der Waals surface area contributed by atoms with Crippen LogP contribution in [0.5, 0.6) is 0 Å². The minimum atomic E-state index is -3.13. The number of hydrogen-bond acceptors (Lipinski definition) is 4. The third-order valence-electron chi connectivity index (χ3n) is 2.97. The lowest BCUT2D eigenvalue weighted by Crippen LogP contribution is -2.38. The molecule has 6 heteroatoms. The molecule has 16 heavy (non-hydrogen) atoms. The molecular formula is C10H22N2O3S. The van der Waals surface area contributed by atoms with E-state index in [1.807, 2.05) is 0 Å². The van der Waals surface area contributed by atoms with E-state index < -0.39 is 10.0 Å². The maximum absolute atomic E-state index is 12.0. The molecule has 5 nitrogen and oxygen atoms in total. The molecule has 1 aliphatic rings. The highest BCUT2D eigenvalue weighted by Gasteiger charge is 2.33. The topological polar surface area (TPSA) is 72.6 Å². The molecule has 1 heterocycles. The van der Waals surface area contributed by atoms with Gasteiger partial charge in [0.2, 0.25) is 10.0 Å². The Balaban J connectivity index is 2.55. The van der Waals surface area contributed by atoms with E-state index in [2.05, 4.69) is 0 Å². The van der Waals surface area contributed by atoms with Crippen LogP contribution >= 0.6 is 0 Å². The standard InChI is InChI=1S/C10H22N2O3S/c1-15-8-9-16(13,14)12-7-3-5-10(12)4-2-6-11/h10H,2-9,11H2,1H3. The maximum atomic E-state index is 12.0. The van der Waals surface area contributed by atoms with Crippen LogP contribution in [0.4, 0.5) is 0 Å². The summed E-state index contributed by atoms with van der Waals surface area (Å²) in [6.07, 6.45) is 3.69. The van der Waals surface area contributed by atoms with Crippen LogP contribution in [0, 0.1) is 0 Å². The van der Waals surface area contributed by atoms with Crippen molar-refractivity contribution < 1.29 is 13.2 Å². The smallest absolute Gasteiger partial charge is 0.216 e. The van der Waals surface area contributed by atoms with Gasteiger partial charge in [0.25, 0.3) is 0 Å². The highest BCUT2D eigenvalue weighted by atomic mass is 32.2. The molecule has 1 rings (SSSR count). The van der Waals surface area contributed by atoms with Crippen molar-refractivity contribution >= 4 is 10.0 Å². The van der Waals surface area contributed by atoms with Gasteiger partial charge >= 0.3 is 0 Å². The summed E-state index contributed by atoms with van der Waals surface area (Å²) in [7, 11) is -1.61. The Morgan fingerprint density at radius 2 is 2.25 bits per heavy atom. The number of nitrogens with two attached hydrogens (primary N) is 1. The first-order valence-electron chi connectivity index (χ1n) is 5.80. The van der Waals surface area contributed by atoms with Crippen molar-refractivity contribution in [3.63, 3.8) is 0 Å². The van der Waals surface area contributed by atoms with Gasteiger partial charge in [-0.3, -0.25) is 0 Å². The first-order chi connectivity index (χ1) is 7.61. The van der Waals surface area contributed by atoms with Gasteiger partial charge in [-0.25, -0.2) is 8.42 Å². The molecule has 1 aliphatic heterocycles. The summed E-state index contributed by atoms with van der Waals surface area (Å²) in [5, 5.41) is 0. The fraction of sp³-hybridized carbons (Fsp3) is 1.00. The molecule has 0 aromatic heterocycles. The van der Waals surface area contributed by atoms with E-state index in [9.17, 15) is 8.42 Å². The molecule has 0 saturated carbocycles. The van der Waals surface area contributed by atoms with Crippen LogP contribution in [-0.2, 0) is 14.8 Å². The third kappa shape index (κ3) is 3.69. The monoisotopic (exact) mass is 250 g/mol. The second-order valence-corrected chi connectivity index (χ2v) is 6.19. The van der Waals surface area contributed by atoms with Crippen molar-refractivity contribution in [2.75, 3.05) is 32.6 Å². The molecule has 1 atom stereocenters. The van der Waals surface area contributed by atoms with Crippen LogP contribution in [0.2, 0.25) is 0 Å². The van der Waals surface area contributed by atoms with Gasteiger partial charge in [-0.15, -0.1) is 0 Å². The van der Waals surface area contributed by atoms with E-state index in [0.717, 1.165) is 25.7 Å². The van der Waals surface area contributed by atoms with Gasteiger partial charge in [-0.2, -0.15) is 4.31 Å². The van der Waals surface area contributed by atoms with Crippen LogP contribution in [0.3, 0.4) is 0 Å². The number of hydrogen-bond donors (Lipinski definition) is 1. The Morgan fingerprint density at radius 1 is 1.50 bits per heavy atom. The molecule has 0 aliphatic carbocycles. The second-order valence-electron chi connectivity index (χ2n) is 4.15. The van der Waals surface area contributed by atoms with Crippen molar-refractivity contribution in [1.82, 2.24) is 4.31 Å². The average molecular weight is 250 g/mol. The first kappa shape index (κ1) is 13.9. The highest BCUT2D eigenvalue weighted by Crippen LogP contribution is 2.24. The van der Waals surface area contributed by atoms with Crippen LogP contribution in [-0.4, -0.2) is 51.3 Å². The van der Waals surface area contributed by atoms with Gasteiger partial charge in [0.15, 0.2) is 0 Å². The van der Waals surface area contributed by atoms with Crippen molar-refractivity contribution in [2.24, 2.45) is 5.73 Å². The molecule has 0 aromatic rings. The predicted molar refractivity (Wildman–Crippen MR) is 63.7 cm³/mol. The number of methoxy groups -OCH3 is 1. The Morgan fingerprint density at radius 3 is 2.88 bits per heavy atom. The van der Waals surface area contributed by atoms with Crippen LogP contribution < -0.4 is 5.73 Å². The fourth-order valence-electron chi connectivity index (χ4n) is 2.12. The summed E-state index contributed by atoms with van der Waals surface area (Å²) >= 11 is 0. The largest absolute Gasteiger partial charge is 0.384 e. The molecule has 1 fully saturated rings. The Labute approximate surface area is 98.0 Å². The molecular weight excluding hydrogens is 228 g/mol. The normalized spacial score (nSPS) is 22.8. The second kappa shape index (κ2) is 6.54. The lowest BCUT2D eigenvalue weighted by atomic mass is 10.1. The van der Waals surface area contributed by atoms with E-state index in [1.54, 1.807) is 4.31 Å². The van der Waals surface area contributed by atoms with E-state index in [1.165, 1.54) is 7.11 Å². The number of rotatable bonds is 7. The highest BCUT2D eigenvalue weighted by molar-refractivity contribution is 7.89. The van der Waals surface area contributed by atoms with E-state index >= 15 is 0 Å². The average Bonchev–Trinajstić information content (AvgIpc) is 2.72. The number of sulfonamides is 1. The van der Waals surface area contributed by atoms with E-state index in [0.29, 0.717) is 13.1 Å². The fourth-order valence-corrected chi connectivity index (χ4v) is 3.81. The van der Waals surface area contributed by atoms with Crippen LogP contribution in [0.1, 0.15) is 25.7 Å². The van der Waals surface area contributed by atoms with Crippen molar-refractivity contribution in [3.8, 4) is 0 Å². The molecule has 1 unspecified atom stereocenters. The van der Waals surface area contributed by atoms with Crippen molar-refractivity contribution in [1.29, 1.82) is 0 Å². The van der Waals surface area contributed by atoms with E-state index in [4.69, 9.17) is 10.5 Å². The third-order valence-corrected chi connectivity index (χ3v) is 4.85. The van der Waals surface area contributed by atoms with Crippen molar-refractivity contribution in [3.05, 3.63) is 0 Å². The molecule has 0 aromatic carbocycles. The lowest BCUT2D eigenvalue weighted by molar-refractivity contribution is 0.215. The Kier molecular flexibility index (Phi) is 5.68.